The molecule has 0 saturated heterocycles. The van der Waals surface area contributed by atoms with Crippen LogP contribution in [0.2, 0.25) is 5.02 Å². The SMILES string of the molecule is Cc1cc(Cl)c(N)cc1S(=O)(=O)N(C)C(C)(C)CO. The Hall–Kier alpha value is -0.820. The van der Waals surface area contributed by atoms with Gasteiger partial charge in [0.1, 0.15) is 0 Å². The van der Waals surface area contributed by atoms with E-state index in [2.05, 4.69) is 0 Å². The normalized spacial score (nSPS) is 13.0. The summed E-state index contributed by atoms with van der Waals surface area (Å²) in [6.07, 6.45) is 0. The minimum absolute atomic E-state index is 0.0958. The number of rotatable bonds is 4. The molecule has 0 heterocycles. The molecular weight excluding hydrogens is 288 g/mol. The van der Waals surface area contributed by atoms with Crippen LogP contribution in [0.4, 0.5) is 5.69 Å². The van der Waals surface area contributed by atoms with E-state index in [-0.39, 0.29) is 17.2 Å². The molecule has 108 valence electrons. The van der Waals surface area contributed by atoms with Gasteiger partial charge in [0.05, 0.1) is 27.8 Å². The maximum absolute atomic E-state index is 12.5. The van der Waals surface area contributed by atoms with E-state index >= 15 is 0 Å². The highest BCUT2D eigenvalue weighted by Crippen LogP contribution is 2.30. The highest BCUT2D eigenvalue weighted by Gasteiger charge is 2.34. The molecule has 3 N–H and O–H groups in total. The van der Waals surface area contributed by atoms with Crippen molar-refractivity contribution < 1.29 is 13.5 Å². The molecule has 0 amide bonds. The zero-order valence-electron chi connectivity index (χ0n) is 11.4. The lowest BCUT2D eigenvalue weighted by Gasteiger charge is -2.33. The molecule has 7 heteroatoms. The van der Waals surface area contributed by atoms with Crippen molar-refractivity contribution >= 4 is 27.3 Å². The Bertz CT molecular complexity index is 585. The van der Waals surface area contributed by atoms with Gasteiger partial charge in [-0.3, -0.25) is 0 Å². The Kier molecular flexibility index (Phi) is 4.51. The molecule has 0 spiro atoms. The number of nitrogens with two attached hydrogens (primary N) is 1. The van der Waals surface area contributed by atoms with Crippen molar-refractivity contribution in [3.8, 4) is 0 Å². The van der Waals surface area contributed by atoms with Gasteiger partial charge < -0.3 is 10.8 Å². The predicted octanol–water partition coefficient (Wildman–Crippen LogP) is 1.62. The molecule has 0 aliphatic rings. The summed E-state index contributed by atoms with van der Waals surface area (Å²) in [7, 11) is -2.32. The monoisotopic (exact) mass is 306 g/mol. The fourth-order valence-electron chi connectivity index (χ4n) is 1.52. The van der Waals surface area contributed by atoms with Crippen molar-refractivity contribution in [2.24, 2.45) is 0 Å². The van der Waals surface area contributed by atoms with Gasteiger partial charge in [-0.2, -0.15) is 4.31 Å². The van der Waals surface area contributed by atoms with E-state index in [4.69, 9.17) is 17.3 Å². The summed E-state index contributed by atoms with van der Waals surface area (Å²) in [4.78, 5) is 0.0958. The van der Waals surface area contributed by atoms with Crippen molar-refractivity contribution in [3.63, 3.8) is 0 Å². The molecule has 0 unspecified atom stereocenters. The maximum Gasteiger partial charge on any atom is 0.243 e. The average Bonchev–Trinajstić information content (AvgIpc) is 2.32. The minimum atomic E-state index is -3.74. The maximum atomic E-state index is 12.5. The predicted molar refractivity (Wildman–Crippen MR) is 76.7 cm³/mol. The molecule has 5 nitrogen and oxygen atoms in total. The van der Waals surface area contributed by atoms with Crippen LogP contribution in [0.15, 0.2) is 17.0 Å². The molecule has 0 saturated carbocycles. The largest absolute Gasteiger partial charge is 0.397 e. The van der Waals surface area contributed by atoms with Gasteiger partial charge in [-0.05, 0) is 38.5 Å². The summed E-state index contributed by atoms with van der Waals surface area (Å²) in [5.74, 6) is 0. The Morgan fingerprint density at radius 3 is 2.42 bits per heavy atom. The molecule has 1 rings (SSSR count). The summed E-state index contributed by atoms with van der Waals surface area (Å²) in [6.45, 7) is 4.64. The van der Waals surface area contributed by atoms with Crippen molar-refractivity contribution in [2.45, 2.75) is 31.2 Å². The second-order valence-corrected chi connectivity index (χ2v) is 7.43. The Morgan fingerprint density at radius 2 is 1.95 bits per heavy atom. The lowest BCUT2D eigenvalue weighted by atomic mass is 10.1. The second-order valence-electron chi connectivity index (χ2n) is 5.08. The molecule has 1 aromatic carbocycles. The highest BCUT2D eigenvalue weighted by atomic mass is 35.5. The summed E-state index contributed by atoms with van der Waals surface area (Å²) < 4.78 is 26.2. The number of anilines is 1. The van der Waals surface area contributed by atoms with Gasteiger partial charge >= 0.3 is 0 Å². The van der Waals surface area contributed by atoms with Crippen LogP contribution in [0.25, 0.3) is 0 Å². The number of aliphatic hydroxyl groups excluding tert-OH is 1. The van der Waals surface area contributed by atoms with E-state index in [1.165, 1.54) is 19.2 Å². The number of hydrogen-bond donors (Lipinski definition) is 2. The van der Waals surface area contributed by atoms with Crippen LogP contribution >= 0.6 is 11.6 Å². The lowest BCUT2D eigenvalue weighted by Crippen LogP contribution is -2.47. The molecular formula is C12H19ClN2O3S. The first kappa shape index (κ1) is 16.2. The zero-order chi connectivity index (χ0) is 15.0. The Labute approximate surface area is 119 Å². The topological polar surface area (TPSA) is 83.6 Å². The van der Waals surface area contributed by atoms with Crippen molar-refractivity contribution in [1.29, 1.82) is 0 Å². The zero-order valence-corrected chi connectivity index (χ0v) is 13.0. The molecule has 1 aromatic rings. The summed E-state index contributed by atoms with van der Waals surface area (Å²) in [5, 5.41) is 9.61. The van der Waals surface area contributed by atoms with Gasteiger partial charge in [-0.25, -0.2) is 8.42 Å². The molecule has 0 bridgehead atoms. The van der Waals surface area contributed by atoms with Gasteiger partial charge in [0.2, 0.25) is 10.0 Å². The number of aliphatic hydroxyl groups is 1. The quantitative estimate of drug-likeness (QED) is 0.828. The lowest BCUT2D eigenvalue weighted by molar-refractivity contribution is 0.138. The standard InChI is InChI=1S/C12H19ClN2O3S/c1-8-5-9(13)10(14)6-11(8)19(17,18)15(4)12(2,3)7-16/h5-6,16H,7,14H2,1-4H3. The molecule has 19 heavy (non-hydrogen) atoms. The number of benzene rings is 1. The average molecular weight is 307 g/mol. The van der Waals surface area contributed by atoms with E-state index < -0.39 is 15.6 Å². The van der Waals surface area contributed by atoms with Crippen LogP contribution in [-0.2, 0) is 10.0 Å². The first-order chi connectivity index (χ1) is 8.54. The third kappa shape index (κ3) is 3.02. The highest BCUT2D eigenvalue weighted by molar-refractivity contribution is 7.89. The van der Waals surface area contributed by atoms with Gasteiger partial charge in [0.15, 0.2) is 0 Å². The first-order valence-corrected chi connectivity index (χ1v) is 7.51. The van der Waals surface area contributed by atoms with Crippen LogP contribution in [0.5, 0.6) is 0 Å². The third-order valence-corrected chi connectivity index (χ3v) is 5.71. The Morgan fingerprint density at radius 1 is 1.42 bits per heavy atom. The van der Waals surface area contributed by atoms with E-state index in [1.807, 2.05) is 0 Å². The van der Waals surface area contributed by atoms with E-state index in [9.17, 15) is 13.5 Å². The molecule has 0 aliphatic heterocycles. The van der Waals surface area contributed by atoms with Crippen LogP contribution in [0.3, 0.4) is 0 Å². The smallest absolute Gasteiger partial charge is 0.243 e. The van der Waals surface area contributed by atoms with Gasteiger partial charge in [0.25, 0.3) is 0 Å². The molecule has 0 aliphatic carbocycles. The van der Waals surface area contributed by atoms with Crippen LogP contribution in [0, 0.1) is 6.92 Å². The number of likely N-dealkylation sites (N-methyl/N-ethyl adjacent to an activating group) is 1. The third-order valence-electron chi connectivity index (χ3n) is 3.17. The summed E-state index contributed by atoms with van der Waals surface area (Å²) >= 11 is 5.86. The number of aryl methyl sites for hydroxylation is 1. The van der Waals surface area contributed by atoms with Gasteiger partial charge in [0, 0.05) is 7.05 Å². The minimum Gasteiger partial charge on any atom is -0.397 e. The number of sulfonamides is 1. The molecule has 0 atom stereocenters. The van der Waals surface area contributed by atoms with Crippen molar-refractivity contribution in [2.75, 3.05) is 19.4 Å². The van der Waals surface area contributed by atoms with Crippen LogP contribution < -0.4 is 5.73 Å². The van der Waals surface area contributed by atoms with E-state index in [0.29, 0.717) is 10.6 Å². The van der Waals surface area contributed by atoms with Gasteiger partial charge in [-0.15, -0.1) is 0 Å². The first-order valence-electron chi connectivity index (χ1n) is 5.69. The van der Waals surface area contributed by atoms with Crippen molar-refractivity contribution in [1.82, 2.24) is 4.31 Å². The van der Waals surface area contributed by atoms with Crippen molar-refractivity contribution in [3.05, 3.63) is 22.7 Å². The number of halogens is 1. The molecule has 0 radical (unpaired) electrons. The van der Waals surface area contributed by atoms with Gasteiger partial charge in [-0.1, -0.05) is 11.6 Å². The van der Waals surface area contributed by atoms with Crippen LogP contribution in [0.1, 0.15) is 19.4 Å². The number of nitrogens with zero attached hydrogens (tertiary/aromatic N) is 1. The van der Waals surface area contributed by atoms with E-state index in [0.717, 1.165) is 4.31 Å². The molecule has 0 fully saturated rings. The second kappa shape index (κ2) is 5.28. The Balaban J connectivity index is 3.40. The van der Waals surface area contributed by atoms with E-state index in [1.54, 1.807) is 20.8 Å². The number of hydrogen-bond acceptors (Lipinski definition) is 4. The summed E-state index contributed by atoms with van der Waals surface area (Å²) in [6, 6.07) is 2.86. The fourth-order valence-corrected chi connectivity index (χ4v) is 3.48. The summed E-state index contributed by atoms with van der Waals surface area (Å²) in [5.41, 5.74) is 5.48. The fraction of sp³-hybridized carbons (Fsp3) is 0.500. The number of nitrogen functional groups attached to an aromatic ring is 1. The van der Waals surface area contributed by atoms with Crippen LogP contribution in [-0.4, -0.2) is 37.0 Å². The molecule has 0 aromatic heterocycles.